The summed E-state index contributed by atoms with van der Waals surface area (Å²) in [6.45, 7) is 0.00819. The SMILES string of the molecule is CSc1ccc(-n2nc3c(=O)n(Cc4ccc(C(F)(F)F)cc4)nc-3cc2-c2ccc(SC)cc2Cl)cc1. The quantitative estimate of drug-likeness (QED) is 0.199. The van der Waals surface area contributed by atoms with Crippen LogP contribution >= 0.6 is 35.1 Å². The highest BCUT2D eigenvalue weighted by Crippen LogP contribution is 2.34. The average molecular weight is 573 g/mol. The van der Waals surface area contributed by atoms with Gasteiger partial charge in [-0.05, 0) is 72.7 Å². The third kappa shape index (κ3) is 5.21. The zero-order valence-electron chi connectivity index (χ0n) is 20.2. The zero-order valence-corrected chi connectivity index (χ0v) is 22.5. The molecular formula is C27H20ClF3N4OS2. The first-order chi connectivity index (χ1) is 18.2. The van der Waals surface area contributed by atoms with Gasteiger partial charge in [-0.3, -0.25) is 4.79 Å². The Hall–Kier alpha value is -3.21. The van der Waals surface area contributed by atoms with E-state index in [0.717, 1.165) is 33.2 Å². The second-order valence-corrected chi connectivity index (χ2v) is 10.5. The van der Waals surface area contributed by atoms with Gasteiger partial charge in [-0.1, -0.05) is 29.8 Å². The molecule has 11 heteroatoms. The average Bonchev–Trinajstić information content (AvgIpc) is 3.21. The molecule has 5 nitrogen and oxygen atoms in total. The Morgan fingerprint density at radius 3 is 2.13 bits per heavy atom. The maximum atomic E-state index is 13.3. The lowest BCUT2D eigenvalue weighted by molar-refractivity contribution is -0.137. The highest BCUT2D eigenvalue weighted by molar-refractivity contribution is 7.98. The number of rotatable bonds is 6. The molecule has 194 valence electrons. The molecule has 0 fully saturated rings. The lowest BCUT2D eigenvalue weighted by Crippen LogP contribution is -2.19. The Bertz CT molecular complexity index is 1630. The molecule has 2 aliphatic rings. The van der Waals surface area contributed by atoms with Crippen molar-refractivity contribution in [1.29, 1.82) is 0 Å². The Balaban J connectivity index is 1.63. The van der Waals surface area contributed by atoms with Gasteiger partial charge in [-0.25, -0.2) is 9.36 Å². The zero-order chi connectivity index (χ0) is 27.0. The van der Waals surface area contributed by atoms with Crippen molar-refractivity contribution in [3.63, 3.8) is 0 Å². The Morgan fingerprint density at radius 1 is 0.868 bits per heavy atom. The number of aromatic nitrogens is 4. The standard InChI is InChI=1S/C27H20ClF3N4OS2/c1-37-19-9-7-18(8-10-19)35-24(21-12-11-20(38-2)13-22(21)28)14-23-25(33-35)26(36)34(32-23)15-16-3-5-17(6-4-16)27(29,30)31/h3-14H,15H2,1-2H3. The van der Waals surface area contributed by atoms with E-state index in [1.807, 2.05) is 55.0 Å². The normalized spacial score (nSPS) is 11.8. The molecule has 0 bridgehead atoms. The van der Waals surface area contributed by atoms with Crippen molar-refractivity contribution in [1.82, 2.24) is 19.6 Å². The molecule has 2 heterocycles. The van der Waals surface area contributed by atoms with Crippen LogP contribution in [0.4, 0.5) is 13.2 Å². The predicted octanol–water partition coefficient (Wildman–Crippen LogP) is 7.37. The van der Waals surface area contributed by atoms with Gasteiger partial charge in [0.05, 0.1) is 28.5 Å². The minimum absolute atomic E-state index is 0.00819. The molecule has 5 rings (SSSR count). The van der Waals surface area contributed by atoms with E-state index in [2.05, 4.69) is 10.2 Å². The minimum Gasteiger partial charge on any atom is -0.265 e. The predicted molar refractivity (Wildman–Crippen MR) is 147 cm³/mol. The van der Waals surface area contributed by atoms with Gasteiger partial charge in [-0.15, -0.1) is 23.5 Å². The van der Waals surface area contributed by atoms with Gasteiger partial charge < -0.3 is 0 Å². The van der Waals surface area contributed by atoms with Crippen molar-refractivity contribution in [3.8, 4) is 28.3 Å². The van der Waals surface area contributed by atoms with Crippen molar-refractivity contribution in [2.24, 2.45) is 0 Å². The van der Waals surface area contributed by atoms with Crippen molar-refractivity contribution in [2.45, 2.75) is 22.5 Å². The molecule has 0 saturated heterocycles. The fourth-order valence-corrected chi connectivity index (χ4v) is 5.20. The van der Waals surface area contributed by atoms with E-state index < -0.39 is 17.3 Å². The number of benzene rings is 3. The first kappa shape index (κ1) is 26.4. The minimum atomic E-state index is -4.43. The number of alkyl halides is 3. The number of fused-ring (bicyclic) bond motifs is 1. The third-order valence-electron chi connectivity index (χ3n) is 5.99. The molecule has 0 aliphatic carbocycles. The lowest BCUT2D eigenvalue weighted by Gasteiger charge is -2.16. The molecule has 0 unspecified atom stereocenters. The summed E-state index contributed by atoms with van der Waals surface area (Å²) >= 11 is 9.85. The van der Waals surface area contributed by atoms with Gasteiger partial charge in [0.15, 0.2) is 5.69 Å². The molecule has 0 radical (unpaired) electrons. The molecule has 2 aliphatic heterocycles. The van der Waals surface area contributed by atoms with Gasteiger partial charge >= 0.3 is 6.18 Å². The number of halogens is 4. The molecular weight excluding hydrogens is 553 g/mol. The highest BCUT2D eigenvalue weighted by Gasteiger charge is 2.30. The van der Waals surface area contributed by atoms with Gasteiger partial charge in [-0.2, -0.15) is 23.4 Å². The fourth-order valence-electron chi connectivity index (χ4n) is 4.01. The largest absolute Gasteiger partial charge is 0.416 e. The summed E-state index contributed by atoms with van der Waals surface area (Å²) in [4.78, 5) is 15.3. The number of nitrogens with zero attached hydrogens (tertiary/aromatic N) is 4. The van der Waals surface area contributed by atoms with E-state index in [0.29, 0.717) is 22.0 Å². The first-order valence-electron chi connectivity index (χ1n) is 11.3. The maximum Gasteiger partial charge on any atom is 0.416 e. The number of thioether (sulfide) groups is 2. The molecule has 0 saturated carbocycles. The summed E-state index contributed by atoms with van der Waals surface area (Å²) in [5.41, 5.74) is 1.93. The number of hydrogen-bond donors (Lipinski definition) is 0. The Labute approximate surface area is 230 Å². The molecule has 0 amide bonds. The van der Waals surface area contributed by atoms with Crippen LogP contribution in [0.15, 0.2) is 87.4 Å². The molecule has 0 N–H and O–H groups in total. The molecule has 38 heavy (non-hydrogen) atoms. The summed E-state index contributed by atoms with van der Waals surface area (Å²) in [6.07, 6.45) is -0.481. The highest BCUT2D eigenvalue weighted by atomic mass is 35.5. The van der Waals surface area contributed by atoms with Gasteiger partial charge in [0, 0.05) is 15.4 Å². The topological polar surface area (TPSA) is 52.7 Å². The molecule has 3 aromatic carbocycles. The second-order valence-electron chi connectivity index (χ2n) is 8.38. The van der Waals surface area contributed by atoms with E-state index in [1.165, 1.54) is 16.8 Å². The second kappa shape index (κ2) is 10.5. The van der Waals surface area contributed by atoms with Crippen LogP contribution in [0.3, 0.4) is 0 Å². The van der Waals surface area contributed by atoms with Crippen LogP contribution in [0, 0.1) is 0 Å². The lowest BCUT2D eigenvalue weighted by atomic mass is 10.1. The van der Waals surface area contributed by atoms with Crippen molar-refractivity contribution in [3.05, 3.63) is 99.3 Å². The van der Waals surface area contributed by atoms with Crippen LogP contribution < -0.4 is 5.56 Å². The monoisotopic (exact) mass is 572 g/mol. The number of hydrogen-bond acceptors (Lipinski definition) is 5. The fraction of sp³-hybridized carbons (Fsp3) is 0.148. The van der Waals surface area contributed by atoms with Gasteiger partial charge in [0.2, 0.25) is 0 Å². The third-order valence-corrected chi connectivity index (χ3v) is 7.77. The maximum absolute atomic E-state index is 13.3. The smallest absolute Gasteiger partial charge is 0.265 e. The van der Waals surface area contributed by atoms with Crippen LogP contribution in [0.2, 0.25) is 5.02 Å². The summed E-state index contributed by atoms with van der Waals surface area (Å²) in [5.74, 6) is 0. The summed E-state index contributed by atoms with van der Waals surface area (Å²) in [6, 6.07) is 19.9. The Kier molecular flexibility index (Phi) is 7.30. The summed E-state index contributed by atoms with van der Waals surface area (Å²) in [7, 11) is 0. The summed E-state index contributed by atoms with van der Waals surface area (Å²) in [5, 5.41) is 9.64. The summed E-state index contributed by atoms with van der Waals surface area (Å²) < 4.78 is 41.7. The van der Waals surface area contributed by atoms with E-state index in [1.54, 1.807) is 34.3 Å². The van der Waals surface area contributed by atoms with Crippen LogP contribution in [-0.4, -0.2) is 32.1 Å². The van der Waals surface area contributed by atoms with Crippen LogP contribution in [0.1, 0.15) is 11.1 Å². The van der Waals surface area contributed by atoms with E-state index in [-0.39, 0.29) is 12.2 Å². The van der Waals surface area contributed by atoms with Gasteiger partial charge in [0.1, 0.15) is 5.69 Å². The molecule has 0 spiro atoms. The van der Waals surface area contributed by atoms with E-state index in [4.69, 9.17) is 11.6 Å². The van der Waals surface area contributed by atoms with Crippen LogP contribution in [-0.2, 0) is 12.7 Å². The molecule has 0 aromatic heterocycles. The molecule has 0 atom stereocenters. The first-order valence-corrected chi connectivity index (χ1v) is 14.2. The van der Waals surface area contributed by atoms with Crippen molar-refractivity contribution in [2.75, 3.05) is 12.5 Å². The van der Waals surface area contributed by atoms with E-state index >= 15 is 0 Å². The van der Waals surface area contributed by atoms with Crippen molar-refractivity contribution < 1.29 is 13.2 Å². The van der Waals surface area contributed by atoms with Crippen molar-refractivity contribution >= 4 is 35.1 Å². The Morgan fingerprint density at radius 2 is 1.53 bits per heavy atom. The van der Waals surface area contributed by atoms with Gasteiger partial charge in [0.25, 0.3) is 5.56 Å². The van der Waals surface area contributed by atoms with Crippen LogP contribution in [0.25, 0.3) is 28.3 Å². The molecule has 3 aromatic rings. The van der Waals surface area contributed by atoms with E-state index in [9.17, 15) is 18.0 Å². The van der Waals surface area contributed by atoms with Crippen LogP contribution in [0.5, 0.6) is 0 Å².